The minimum atomic E-state index is 0.0800. The first-order valence-electron chi connectivity index (χ1n) is 9.65. The fourth-order valence-corrected chi connectivity index (χ4v) is 4.84. The van der Waals surface area contributed by atoms with E-state index < -0.39 is 0 Å². The van der Waals surface area contributed by atoms with Crippen molar-refractivity contribution in [2.24, 2.45) is 11.8 Å². The van der Waals surface area contributed by atoms with Gasteiger partial charge in [-0.05, 0) is 83.8 Å². The van der Waals surface area contributed by atoms with Crippen LogP contribution in [-0.4, -0.2) is 22.0 Å². The van der Waals surface area contributed by atoms with Crippen molar-refractivity contribution in [3.63, 3.8) is 0 Å². The van der Waals surface area contributed by atoms with Crippen LogP contribution in [-0.2, 0) is 4.79 Å². The van der Waals surface area contributed by atoms with Crippen LogP contribution < -0.4 is 10.6 Å². The Morgan fingerprint density at radius 1 is 1.28 bits per heavy atom. The van der Waals surface area contributed by atoms with Gasteiger partial charge in [0.2, 0.25) is 5.91 Å². The number of aromatic nitrogens is 1. The first-order valence-corrected chi connectivity index (χ1v) is 9.65. The van der Waals surface area contributed by atoms with Crippen LogP contribution in [0.4, 0.5) is 0 Å². The van der Waals surface area contributed by atoms with Crippen LogP contribution in [0, 0.1) is 18.8 Å². The van der Waals surface area contributed by atoms with Gasteiger partial charge >= 0.3 is 0 Å². The summed E-state index contributed by atoms with van der Waals surface area (Å²) in [6, 6.07) is 4.13. The van der Waals surface area contributed by atoms with Crippen molar-refractivity contribution >= 4 is 5.91 Å². The van der Waals surface area contributed by atoms with Gasteiger partial charge in [-0.1, -0.05) is 6.07 Å². The Balaban J connectivity index is 1.66. The van der Waals surface area contributed by atoms with Crippen molar-refractivity contribution in [3.8, 4) is 0 Å². The lowest BCUT2D eigenvalue weighted by Gasteiger charge is -2.46. The predicted octanol–water partition coefficient (Wildman–Crippen LogP) is 3.90. The maximum absolute atomic E-state index is 12.8. The molecule has 138 valence electrons. The fourth-order valence-electron chi connectivity index (χ4n) is 4.84. The third kappa shape index (κ3) is 4.81. The highest BCUT2D eigenvalue weighted by molar-refractivity contribution is 5.76. The van der Waals surface area contributed by atoms with E-state index in [9.17, 15) is 4.79 Å². The molecule has 1 aliphatic carbocycles. The lowest BCUT2D eigenvalue weighted by Crippen LogP contribution is -2.58. The van der Waals surface area contributed by atoms with Gasteiger partial charge in [-0.15, -0.1) is 0 Å². The molecule has 1 aliphatic heterocycles. The summed E-state index contributed by atoms with van der Waals surface area (Å²) < 4.78 is 0. The van der Waals surface area contributed by atoms with Gasteiger partial charge in [0.1, 0.15) is 0 Å². The van der Waals surface area contributed by atoms with Crippen molar-refractivity contribution in [2.75, 3.05) is 0 Å². The second kappa shape index (κ2) is 6.71. The third-order valence-electron chi connectivity index (χ3n) is 5.50. The molecule has 0 spiro atoms. The van der Waals surface area contributed by atoms with Gasteiger partial charge in [-0.3, -0.25) is 9.78 Å². The van der Waals surface area contributed by atoms with Crippen LogP contribution >= 0.6 is 0 Å². The molecule has 1 aromatic heterocycles. The van der Waals surface area contributed by atoms with Gasteiger partial charge in [0.25, 0.3) is 0 Å². The highest BCUT2D eigenvalue weighted by atomic mass is 16.1. The Bertz CT molecular complexity index is 618. The molecule has 1 aromatic rings. The average molecular weight is 344 g/mol. The van der Waals surface area contributed by atoms with Gasteiger partial charge in [0.05, 0.1) is 11.7 Å². The normalized spacial score (nSPS) is 23.9. The highest BCUT2D eigenvalue weighted by Gasteiger charge is 2.39. The maximum Gasteiger partial charge on any atom is 0.220 e. The van der Waals surface area contributed by atoms with Crippen LogP contribution in [0.25, 0.3) is 0 Å². The summed E-state index contributed by atoms with van der Waals surface area (Å²) >= 11 is 0. The summed E-state index contributed by atoms with van der Waals surface area (Å²) in [5, 5.41) is 7.01. The van der Waals surface area contributed by atoms with E-state index in [0.29, 0.717) is 18.3 Å². The largest absolute Gasteiger partial charge is 0.347 e. The first kappa shape index (κ1) is 18.4. The summed E-state index contributed by atoms with van der Waals surface area (Å²) in [5.41, 5.74) is 2.38. The zero-order valence-electron chi connectivity index (χ0n) is 16.4. The Kier molecular flexibility index (Phi) is 4.93. The summed E-state index contributed by atoms with van der Waals surface area (Å²) in [4.78, 5) is 17.4. The van der Waals surface area contributed by atoms with Crippen molar-refractivity contribution in [1.29, 1.82) is 0 Å². The van der Waals surface area contributed by atoms with E-state index in [4.69, 9.17) is 0 Å². The molecule has 0 radical (unpaired) electrons. The molecule has 4 heteroatoms. The lowest BCUT2D eigenvalue weighted by molar-refractivity contribution is -0.123. The van der Waals surface area contributed by atoms with Crippen LogP contribution in [0.15, 0.2) is 18.3 Å². The van der Waals surface area contributed by atoms with Gasteiger partial charge in [0, 0.05) is 23.7 Å². The van der Waals surface area contributed by atoms with Crippen LogP contribution in [0.5, 0.6) is 0 Å². The van der Waals surface area contributed by atoms with E-state index in [-0.39, 0.29) is 23.0 Å². The number of carbonyl (C=O) groups is 1. The summed E-state index contributed by atoms with van der Waals surface area (Å²) in [6.07, 6.45) is 6.91. The number of pyridine rings is 1. The minimum Gasteiger partial charge on any atom is -0.347 e. The number of nitrogens with zero attached hydrogens (tertiary/aromatic N) is 1. The minimum absolute atomic E-state index is 0.0800. The topological polar surface area (TPSA) is 54.0 Å². The second-order valence-electron chi connectivity index (χ2n) is 9.46. The standard InChI is InChI=1S/C21H33N3O/c1-14-7-6-10-22-18(14)19(16-8-9-16)23-17(25)11-15-12-20(2,3)24-21(4,5)13-15/h6-7,10,15-16,19,24H,8-9,11-13H2,1-5H3,(H,23,25). The van der Waals surface area contributed by atoms with Crippen molar-refractivity contribution < 1.29 is 4.79 Å². The number of piperidine rings is 1. The monoisotopic (exact) mass is 343 g/mol. The molecule has 1 atom stereocenters. The molecule has 3 rings (SSSR count). The molecule has 2 N–H and O–H groups in total. The highest BCUT2D eigenvalue weighted by Crippen LogP contribution is 2.41. The van der Waals surface area contributed by atoms with E-state index in [2.05, 4.69) is 56.3 Å². The molecule has 1 unspecified atom stereocenters. The quantitative estimate of drug-likeness (QED) is 0.852. The van der Waals surface area contributed by atoms with Crippen molar-refractivity contribution in [3.05, 3.63) is 29.6 Å². The molecule has 1 saturated carbocycles. The SMILES string of the molecule is Cc1cccnc1C(NC(=O)CC1CC(C)(C)NC(C)(C)C1)C1CC1. The number of nitrogens with one attached hydrogen (secondary N) is 2. The zero-order chi connectivity index (χ0) is 18.2. The summed E-state index contributed by atoms with van der Waals surface area (Å²) in [5.74, 6) is 1.16. The number of rotatable bonds is 5. The van der Waals surface area contributed by atoms with Crippen LogP contribution in [0.2, 0.25) is 0 Å². The van der Waals surface area contributed by atoms with Gasteiger partial charge in [-0.2, -0.15) is 0 Å². The van der Waals surface area contributed by atoms with E-state index in [0.717, 1.165) is 18.5 Å². The predicted molar refractivity (Wildman–Crippen MR) is 101 cm³/mol. The Morgan fingerprint density at radius 2 is 1.92 bits per heavy atom. The molecule has 2 fully saturated rings. The van der Waals surface area contributed by atoms with Crippen molar-refractivity contribution in [1.82, 2.24) is 15.6 Å². The molecule has 0 aromatic carbocycles. The van der Waals surface area contributed by atoms with E-state index in [1.165, 1.54) is 18.4 Å². The Hall–Kier alpha value is -1.42. The first-order chi connectivity index (χ1) is 11.7. The Morgan fingerprint density at radius 3 is 2.48 bits per heavy atom. The number of aryl methyl sites for hydroxylation is 1. The average Bonchev–Trinajstić information content (AvgIpc) is 3.26. The molecule has 1 amide bonds. The number of amides is 1. The molecular weight excluding hydrogens is 310 g/mol. The lowest BCUT2D eigenvalue weighted by atomic mass is 9.74. The Labute approximate surface area is 152 Å². The fraction of sp³-hybridized carbons (Fsp3) is 0.714. The van der Waals surface area contributed by atoms with Gasteiger partial charge in [0.15, 0.2) is 0 Å². The molecule has 2 heterocycles. The van der Waals surface area contributed by atoms with Crippen LogP contribution in [0.3, 0.4) is 0 Å². The smallest absolute Gasteiger partial charge is 0.220 e. The molecule has 25 heavy (non-hydrogen) atoms. The summed E-state index contributed by atoms with van der Waals surface area (Å²) in [7, 11) is 0. The zero-order valence-corrected chi connectivity index (χ0v) is 16.4. The van der Waals surface area contributed by atoms with Gasteiger partial charge < -0.3 is 10.6 Å². The second-order valence-corrected chi connectivity index (χ2v) is 9.46. The van der Waals surface area contributed by atoms with Crippen molar-refractivity contribution in [2.45, 2.75) is 83.8 Å². The number of hydrogen-bond acceptors (Lipinski definition) is 3. The van der Waals surface area contributed by atoms with Crippen LogP contribution in [0.1, 0.15) is 77.1 Å². The molecule has 2 aliphatic rings. The number of hydrogen-bond donors (Lipinski definition) is 2. The van der Waals surface area contributed by atoms with E-state index >= 15 is 0 Å². The maximum atomic E-state index is 12.8. The number of carbonyl (C=O) groups excluding carboxylic acids is 1. The molecular formula is C21H33N3O. The summed E-state index contributed by atoms with van der Waals surface area (Å²) in [6.45, 7) is 11.0. The van der Waals surface area contributed by atoms with E-state index in [1.807, 2.05) is 12.3 Å². The van der Waals surface area contributed by atoms with E-state index in [1.54, 1.807) is 0 Å². The van der Waals surface area contributed by atoms with Gasteiger partial charge in [-0.25, -0.2) is 0 Å². The molecule has 0 bridgehead atoms. The molecule has 1 saturated heterocycles. The molecule has 4 nitrogen and oxygen atoms in total. The third-order valence-corrected chi connectivity index (χ3v) is 5.50.